The lowest BCUT2D eigenvalue weighted by molar-refractivity contribution is 1.39. The molecular formula is C10H12ClNS2. The average Bonchev–Trinajstić information content (AvgIpc) is 2.23. The number of halogens is 1. The standard InChI is InChI=1S/C10H12ClNS2/c11-9-1-3-10(4-2-9)12-14-7-5-13-6-8-14/h1-4H,5-8H2. The van der Waals surface area contributed by atoms with E-state index in [9.17, 15) is 0 Å². The first-order chi connectivity index (χ1) is 6.84. The fraction of sp³-hybridized carbons (Fsp3) is 0.400. The van der Waals surface area contributed by atoms with E-state index in [0.29, 0.717) is 0 Å². The van der Waals surface area contributed by atoms with Crippen molar-refractivity contribution >= 4 is 39.7 Å². The quantitative estimate of drug-likeness (QED) is 0.738. The summed E-state index contributed by atoms with van der Waals surface area (Å²) >= 11 is 7.85. The van der Waals surface area contributed by atoms with Crippen LogP contribution in [0.5, 0.6) is 0 Å². The molecule has 0 N–H and O–H groups in total. The van der Waals surface area contributed by atoms with Gasteiger partial charge in [-0.05, 0) is 24.3 Å². The van der Waals surface area contributed by atoms with E-state index < -0.39 is 0 Å². The molecule has 1 aliphatic rings. The lowest BCUT2D eigenvalue weighted by Gasteiger charge is -2.13. The molecule has 0 aliphatic carbocycles. The van der Waals surface area contributed by atoms with Crippen molar-refractivity contribution in [1.29, 1.82) is 0 Å². The highest BCUT2D eigenvalue weighted by Crippen LogP contribution is 2.19. The summed E-state index contributed by atoms with van der Waals surface area (Å²) < 4.78 is 4.71. The second-order valence-electron chi connectivity index (χ2n) is 3.05. The zero-order valence-electron chi connectivity index (χ0n) is 7.78. The van der Waals surface area contributed by atoms with E-state index in [0.717, 1.165) is 10.7 Å². The summed E-state index contributed by atoms with van der Waals surface area (Å²) in [6, 6.07) is 7.80. The van der Waals surface area contributed by atoms with Gasteiger partial charge >= 0.3 is 0 Å². The van der Waals surface area contributed by atoms with Crippen molar-refractivity contribution in [2.24, 2.45) is 4.36 Å². The molecule has 1 aliphatic heterocycles. The molecule has 1 saturated heterocycles. The summed E-state index contributed by atoms with van der Waals surface area (Å²) in [5, 5.41) is 0.784. The van der Waals surface area contributed by atoms with Crippen LogP contribution in [-0.4, -0.2) is 23.0 Å². The number of thioether (sulfide) groups is 1. The Labute approximate surface area is 96.3 Å². The highest BCUT2D eigenvalue weighted by atomic mass is 35.5. The van der Waals surface area contributed by atoms with Crippen molar-refractivity contribution in [1.82, 2.24) is 0 Å². The van der Waals surface area contributed by atoms with Gasteiger partial charge in [-0.1, -0.05) is 22.3 Å². The van der Waals surface area contributed by atoms with Gasteiger partial charge in [0.1, 0.15) is 0 Å². The average molecular weight is 246 g/mol. The van der Waals surface area contributed by atoms with Crippen LogP contribution in [0.2, 0.25) is 5.02 Å². The minimum absolute atomic E-state index is 0.259. The highest BCUT2D eigenvalue weighted by molar-refractivity contribution is 8.02. The Balaban J connectivity index is 2.11. The van der Waals surface area contributed by atoms with Gasteiger partial charge in [0.25, 0.3) is 0 Å². The molecule has 14 heavy (non-hydrogen) atoms. The van der Waals surface area contributed by atoms with Gasteiger partial charge < -0.3 is 0 Å². The molecule has 0 amide bonds. The number of benzene rings is 1. The first kappa shape index (κ1) is 10.5. The maximum absolute atomic E-state index is 5.81. The molecular weight excluding hydrogens is 234 g/mol. The Morgan fingerprint density at radius 1 is 1.14 bits per heavy atom. The second-order valence-corrected chi connectivity index (χ2v) is 6.64. The molecule has 2 rings (SSSR count). The smallest absolute Gasteiger partial charge is 0.0704 e. The summed E-state index contributed by atoms with van der Waals surface area (Å²) in [7, 11) is 0.259. The third-order valence-corrected chi connectivity index (χ3v) is 5.56. The Bertz CT molecular complexity index is 326. The number of rotatable bonds is 1. The number of nitrogens with zero attached hydrogens (tertiary/aromatic N) is 1. The molecule has 0 atom stereocenters. The van der Waals surface area contributed by atoms with Crippen LogP contribution in [0.25, 0.3) is 0 Å². The van der Waals surface area contributed by atoms with Crippen LogP contribution in [-0.2, 0) is 10.7 Å². The summed E-state index contributed by atoms with van der Waals surface area (Å²) in [6.07, 6.45) is 0. The van der Waals surface area contributed by atoms with Gasteiger partial charge in [-0.2, -0.15) is 11.8 Å². The van der Waals surface area contributed by atoms with Crippen molar-refractivity contribution in [3.05, 3.63) is 29.3 Å². The summed E-state index contributed by atoms with van der Waals surface area (Å²) in [4.78, 5) is 0. The van der Waals surface area contributed by atoms with Crippen molar-refractivity contribution in [3.8, 4) is 0 Å². The van der Waals surface area contributed by atoms with Crippen LogP contribution in [0.3, 0.4) is 0 Å². The van der Waals surface area contributed by atoms with Gasteiger partial charge in [-0.3, -0.25) is 0 Å². The van der Waals surface area contributed by atoms with Crippen molar-refractivity contribution < 1.29 is 0 Å². The van der Waals surface area contributed by atoms with Gasteiger partial charge in [0.15, 0.2) is 0 Å². The van der Waals surface area contributed by atoms with Crippen LogP contribution >= 0.6 is 23.4 Å². The molecule has 0 radical (unpaired) electrons. The van der Waals surface area contributed by atoms with E-state index in [2.05, 4.69) is 0 Å². The topological polar surface area (TPSA) is 12.4 Å². The van der Waals surface area contributed by atoms with Crippen molar-refractivity contribution in [2.45, 2.75) is 0 Å². The third-order valence-electron chi connectivity index (χ3n) is 1.99. The molecule has 1 aromatic rings. The van der Waals surface area contributed by atoms with E-state index >= 15 is 0 Å². The molecule has 4 heteroatoms. The lowest BCUT2D eigenvalue weighted by Crippen LogP contribution is -2.12. The molecule has 1 aromatic carbocycles. The normalized spacial score (nSPS) is 18.1. The fourth-order valence-electron chi connectivity index (χ4n) is 1.26. The van der Waals surface area contributed by atoms with Gasteiger partial charge in [-0.15, -0.1) is 0 Å². The van der Waals surface area contributed by atoms with Crippen molar-refractivity contribution in [2.75, 3.05) is 23.0 Å². The van der Waals surface area contributed by atoms with Gasteiger partial charge in [0.2, 0.25) is 0 Å². The zero-order chi connectivity index (χ0) is 9.80. The molecule has 1 heterocycles. The molecule has 0 saturated carbocycles. The van der Waals surface area contributed by atoms with Gasteiger partial charge in [-0.25, -0.2) is 4.36 Å². The monoisotopic (exact) mass is 245 g/mol. The molecule has 0 bridgehead atoms. The summed E-state index contributed by atoms with van der Waals surface area (Å²) in [5.41, 5.74) is 1.07. The molecule has 0 aromatic heterocycles. The number of hydrogen-bond acceptors (Lipinski definition) is 2. The molecule has 1 nitrogen and oxygen atoms in total. The first-order valence-electron chi connectivity index (χ1n) is 4.57. The molecule has 76 valence electrons. The van der Waals surface area contributed by atoms with Crippen LogP contribution in [0.4, 0.5) is 5.69 Å². The molecule has 1 fully saturated rings. The SMILES string of the molecule is Clc1ccc(N=S2CCSCC2)cc1. The minimum Gasteiger partial charge on any atom is -0.228 e. The maximum atomic E-state index is 5.81. The van der Waals surface area contributed by atoms with E-state index in [1.54, 1.807) is 0 Å². The van der Waals surface area contributed by atoms with Crippen molar-refractivity contribution in [3.63, 3.8) is 0 Å². The van der Waals surface area contributed by atoms with E-state index in [-0.39, 0.29) is 10.7 Å². The third kappa shape index (κ3) is 3.01. The van der Waals surface area contributed by atoms with Crippen LogP contribution in [0.1, 0.15) is 0 Å². The Morgan fingerprint density at radius 2 is 1.79 bits per heavy atom. The Kier molecular flexibility index (Phi) is 3.90. The van der Waals surface area contributed by atoms with E-state index in [1.807, 2.05) is 36.0 Å². The lowest BCUT2D eigenvalue weighted by atomic mass is 10.3. The first-order valence-corrected chi connectivity index (χ1v) is 7.62. The van der Waals surface area contributed by atoms with Gasteiger partial charge in [0.05, 0.1) is 5.69 Å². The Morgan fingerprint density at radius 3 is 2.43 bits per heavy atom. The molecule has 0 spiro atoms. The zero-order valence-corrected chi connectivity index (χ0v) is 10.2. The summed E-state index contributed by atoms with van der Waals surface area (Å²) in [6.45, 7) is 0. The Hall–Kier alpha value is 0.01000. The maximum Gasteiger partial charge on any atom is 0.0704 e. The van der Waals surface area contributed by atoms with E-state index in [4.69, 9.17) is 16.0 Å². The van der Waals surface area contributed by atoms with Gasteiger partial charge in [0, 0.05) is 28.0 Å². The van der Waals surface area contributed by atoms with Crippen LogP contribution in [0.15, 0.2) is 28.6 Å². The fourth-order valence-corrected chi connectivity index (χ4v) is 4.88. The predicted octanol–water partition coefficient (Wildman–Crippen LogP) is 3.52. The molecule has 0 unspecified atom stereocenters. The van der Waals surface area contributed by atoms with Crippen LogP contribution < -0.4 is 0 Å². The predicted molar refractivity (Wildman–Crippen MR) is 68.0 cm³/mol. The van der Waals surface area contributed by atoms with E-state index in [1.165, 1.54) is 23.0 Å². The summed E-state index contributed by atoms with van der Waals surface area (Å²) in [5.74, 6) is 5.01. The van der Waals surface area contributed by atoms with Crippen LogP contribution in [0, 0.1) is 0 Å². The largest absolute Gasteiger partial charge is 0.228 e. The second kappa shape index (κ2) is 5.19. The highest BCUT2D eigenvalue weighted by Gasteiger charge is 2.05. The minimum atomic E-state index is 0.259. The number of hydrogen-bond donors (Lipinski definition) is 0.